The third-order valence-corrected chi connectivity index (χ3v) is 3.19. The normalized spacial score (nSPS) is 9.76. The van der Waals surface area contributed by atoms with E-state index in [9.17, 15) is 9.18 Å². The molecular formula is C15H10BrFN2O2. The number of carbonyl (C=O) groups excluding carboxylic acids is 1. The average Bonchev–Trinajstić information content (AvgIpc) is 2.49. The SMILES string of the molecule is N#Cc1ccccc1NC(=O)COc1ccc(F)c(Br)c1. The van der Waals surface area contributed by atoms with E-state index in [1.807, 2.05) is 6.07 Å². The topological polar surface area (TPSA) is 62.1 Å². The molecule has 21 heavy (non-hydrogen) atoms. The van der Waals surface area contributed by atoms with Crippen LogP contribution >= 0.6 is 15.9 Å². The minimum absolute atomic E-state index is 0.238. The maximum Gasteiger partial charge on any atom is 0.262 e. The highest BCUT2D eigenvalue weighted by Crippen LogP contribution is 2.21. The Labute approximate surface area is 129 Å². The number of amides is 1. The molecule has 2 aromatic rings. The quantitative estimate of drug-likeness (QED) is 0.919. The summed E-state index contributed by atoms with van der Waals surface area (Å²) in [6.07, 6.45) is 0. The van der Waals surface area contributed by atoms with Crippen LogP contribution in [0.15, 0.2) is 46.9 Å². The van der Waals surface area contributed by atoms with Crippen LogP contribution in [0.5, 0.6) is 5.75 Å². The first-order valence-corrected chi connectivity index (χ1v) is 6.76. The van der Waals surface area contributed by atoms with Gasteiger partial charge in [0.2, 0.25) is 0 Å². The summed E-state index contributed by atoms with van der Waals surface area (Å²) in [7, 11) is 0. The van der Waals surface area contributed by atoms with Crippen molar-refractivity contribution in [1.82, 2.24) is 0 Å². The van der Waals surface area contributed by atoms with E-state index in [4.69, 9.17) is 10.00 Å². The zero-order valence-electron chi connectivity index (χ0n) is 10.8. The number of nitrogens with one attached hydrogen (secondary N) is 1. The van der Waals surface area contributed by atoms with Gasteiger partial charge >= 0.3 is 0 Å². The Bertz CT molecular complexity index is 713. The highest BCUT2D eigenvalue weighted by molar-refractivity contribution is 9.10. The number of nitriles is 1. The van der Waals surface area contributed by atoms with Crippen LogP contribution in [-0.4, -0.2) is 12.5 Å². The van der Waals surface area contributed by atoms with Gasteiger partial charge in [-0.2, -0.15) is 5.26 Å². The van der Waals surface area contributed by atoms with E-state index >= 15 is 0 Å². The Morgan fingerprint density at radius 2 is 2.10 bits per heavy atom. The summed E-state index contributed by atoms with van der Waals surface area (Å²) in [5.74, 6) is -0.445. The summed E-state index contributed by atoms with van der Waals surface area (Å²) in [5, 5.41) is 11.5. The fraction of sp³-hybridized carbons (Fsp3) is 0.0667. The Morgan fingerprint density at radius 1 is 1.33 bits per heavy atom. The standard InChI is InChI=1S/C15H10BrFN2O2/c16-12-7-11(5-6-13(12)17)21-9-15(20)19-14-4-2-1-3-10(14)8-18/h1-7H,9H2,(H,19,20). The molecule has 0 heterocycles. The molecule has 0 aromatic heterocycles. The highest BCUT2D eigenvalue weighted by Gasteiger charge is 2.08. The Morgan fingerprint density at radius 3 is 2.81 bits per heavy atom. The summed E-state index contributed by atoms with van der Waals surface area (Å²) in [6.45, 7) is -0.238. The predicted octanol–water partition coefficient (Wildman–Crippen LogP) is 3.48. The molecule has 0 fully saturated rings. The van der Waals surface area contributed by atoms with Gasteiger partial charge in [0.1, 0.15) is 17.6 Å². The van der Waals surface area contributed by atoms with Gasteiger partial charge in [-0.3, -0.25) is 4.79 Å². The molecule has 0 aliphatic carbocycles. The monoisotopic (exact) mass is 348 g/mol. The Balaban J connectivity index is 1.96. The molecule has 2 rings (SSSR count). The van der Waals surface area contributed by atoms with Crippen molar-refractivity contribution in [2.45, 2.75) is 0 Å². The fourth-order valence-corrected chi connectivity index (χ4v) is 1.95. The van der Waals surface area contributed by atoms with Crippen molar-refractivity contribution in [3.63, 3.8) is 0 Å². The van der Waals surface area contributed by atoms with Crippen molar-refractivity contribution in [2.75, 3.05) is 11.9 Å². The van der Waals surface area contributed by atoms with Crippen molar-refractivity contribution in [3.05, 3.63) is 58.3 Å². The second-order valence-electron chi connectivity index (χ2n) is 4.07. The number of nitrogens with zero attached hydrogens (tertiary/aromatic N) is 1. The molecule has 0 spiro atoms. The lowest BCUT2D eigenvalue weighted by Crippen LogP contribution is -2.20. The molecule has 106 valence electrons. The van der Waals surface area contributed by atoms with Gasteiger partial charge < -0.3 is 10.1 Å². The molecule has 4 nitrogen and oxygen atoms in total. The molecule has 0 saturated carbocycles. The molecule has 1 N–H and O–H groups in total. The summed E-state index contributed by atoms with van der Waals surface area (Å²) >= 11 is 3.03. The highest BCUT2D eigenvalue weighted by atomic mass is 79.9. The zero-order valence-corrected chi connectivity index (χ0v) is 12.4. The van der Waals surface area contributed by atoms with Gasteiger partial charge in [-0.05, 0) is 46.3 Å². The molecule has 0 unspecified atom stereocenters. The summed E-state index contributed by atoms with van der Waals surface area (Å²) in [5.41, 5.74) is 0.796. The predicted molar refractivity (Wildman–Crippen MR) is 79.4 cm³/mol. The maximum absolute atomic E-state index is 13.1. The second kappa shape index (κ2) is 6.86. The number of hydrogen-bond acceptors (Lipinski definition) is 3. The van der Waals surface area contributed by atoms with E-state index in [1.165, 1.54) is 18.2 Å². The third-order valence-electron chi connectivity index (χ3n) is 2.58. The molecule has 0 atom stereocenters. The molecule has 2 aromatic carbocycles. The first-order chi connectivity index (χ1) is 10.1. The summed E-state index contributed by atoms with van der Waals surface area (Å²) < 4.78 is 18.6. The molecule has 0 radical (unpaired) electrons. The van der Waals surface area contributed by atoms with E-state index < -0.39 is 11.7 Å². The number of rotatable bonds is 4. The average molecular weight is 349 g/mol. The van der Waals surface area contributed by atoms with Gasteiger partial charge in [0.05, 0.1) is 15.7 Å². The minimum Gasteiger partial charge on any atom is -0.484 e. The van der Waals surface area contributed by atoms with Crippen LogP contribution in [0.1, 0.15) is 5.56 Å². The molecule has 0 saturated heterocycles. The number of hydrogen-bond donors (Lipinski definition) is 1. The van der Waals surface area contributed by atoms with Crippen LogP contribution in [0.3, 0.4) is 0 Å². The maximum atomic E-state index is 13.1. The van der Waals surface area contributed by atoms with E-state index in [-0.39, 0.29) is 11.1 Å². The number of para-hydroxylation sites is 1. The zero-order chi connectivity index (χ0) is 15.2. The Hall–Kier alpha value is -2.39. The van der Waals surface area contributed by atoms with Crippen LogP contribution in [0.2, 0.25) is 0 Å². The van der Waals surface area contributed by atoms with Crippen molar-refractivity contribution >= 4 is 27.5 Å². The summed E-state index contributed by atoms with van der Waals surface area (Å²) in [4.78, 5) is 11.8. The van der Waals surface area contributed by atoms with Crippen LogP contribution in [0.25, 0.3) is 0 Å². The number of halogens is 2. The largest absolute Gasteiger partial charge is 0.484 e. The van der Waals surface area contributed by atoms with E-state index in [0.29, 0.717) is 17.0 Å². The smallest absolute Gasteiger partial charge is 0.262 e. The molecule has 0 aliphatic rings. The molecule has 0 aliphatic heterocycles. The first kappa shape index (κ1) is 15.0. The lowest BCUT2D eigenvalue weighted by Gasteiger charge is -2.09. The lowest BCUT2D eigenvalue weighted by atomic mass is 10.2. The van der Waals surface area contributed by atoms with Gasteiger partial charge in [-0.25, -0.2) is 4.39 Å². The van der Waals surface area contributed by atoms with E-state index in [0.717, 1.165) is 0 Å². The van der Waals surface area contributed by atoms with Crippen LogP contribution in [-0.2, 0) is 4.79 Å². The van der Waals surface area contributed by atoms with Crippen molar-refractivity contribution in [3.8, 4) is 11.8 Å². The van der Waals surface area contributed by atoms with Gasteiger partial charge in [0.15, 0.2) is 6.61 Å². The van der Waals surface area contributed by atoms with Crippen LogP contribution < -0.4 is 10.1 Å². The third kappa shape index (κ3) is 4.04. The molecule has 1 amide bonds. The number of anilines is 1. The van der Waals surface area contributed by atoms with Crippen molar-refractivity contribution in [1.29, 1.82) is 5.26 Å². The van der Waals surface area contributed by atoms with Crippen molar-refractivity contribution in [2.24, 2.45) is 0 Å². The van der Waals surface area contributed by atoms with Gasteiger partial charge in [0.25, 0.3) is 5.91 Å². The number of ether oxygens (including phenoxy) is 1. The number of benzene rings is 2. The number of carbonyl (C=O) groups is 1. The van der Waals surface area contributed by atoms with E-state index in [2.05, 4.69) is 21.2 Å². The first-order valence-electron chi connectivity index (χ1n) is 5.97. The second-order valence-corrected chi connectivity index (χ2v) is 4.92. The van der Waals surface area contributed by atoms with Gasteiger partial charge in [-0.1, -0.05) is 12.1 Å². The van der Waals surface area contributed by atoms with Crippen LogP contribution in [0, 0.1) is 17.1 Å². The van der Waals surface area contributed by atoms with Gasteiger partial charge in [0, 0.05) is 0 Å². The molecule has 6 heteroatoms. The molecule has 0 bridgehead atoms. The lowest BCUT2D eigenvalue weighted by molar-refractivity contribution is -0.118. The van der Waals surface area contributed by atoms with Crippen LogP contribution in [0.4, 0.5) is 10.1 Å². The molecular weight excluding hydrogens is 339 g/mol. The minimum atomic E-state index is -0.408. The fourth-order valence-electron chi connectivity index (χ4n) is 1.59. The summed E-state index contributed by atoms with van der Waals surface area (Å²) in [6, 6.07) is 12.7. The van der Waals surface area contributed by atoms with Gasteiger partial charge in [-0.15, -0.1) is 0 Å². The van der Waals surface area contributed by atoms with E-state index in [1.54, 1.807) is 24.3 Å². The van der Waals surface area contributed by atoms with Crippen molar-refractivity contribution < 1.29 is 13.9 Å². The Kier molecular flexibility index (Phi) is 4.90.